The highest BCUT2D eigenvalue weighted by atomic mass is 16.6. The Bertz CT molecular complexity index is 780. The number of hydrogen-bond acceptors (Lipinski definition) is 8. The molecule has 2 radical (unpaired) electrons. The molecule has 0 aromatic rings. The fourth-order valence-electron chi connectivity index (χ4n) is 3.83. The third-order valence-electron chi connectivity index (χ3n) is 6.10. The first kappa shape index (κ1) is 44.1. The Balaban J connectivity index is 0. The summed E-state index contributed by atoms with van der Waals surface area (Å²) in [6, 6.07) is -0.968. The van der Waals surface area contributed by atoms with Crippen LogP contribution in [0.25, 0.3) is 0 Å². The van der Waals surface area contributed by atoms with Crippen LogP contribution in [0.5, 0.6) is 0 Å². The lowest BCUT2D eigenvalue weighted by Gasteiger charge is -2.30. The number of carboxylic acids is 1. The Hall–Kier alpha value is -2.05. The summed E-state index contributed by atoms with van der Waals surface area (Å²) in [6.45, 7) is 21.5. The first-order chi connectivity index (χ1) is 20.1. The smallest absolute Gasteiger partial charge is 0.410 e. The summed E-state index contributed by atoms with van der Waals surface area (Å²) in [6.07, 6.45) is 4.93. The summed E-state index contributed by atoms with van der Waals surface area (Å²) in [4.78, 5) is 37.2. The maximum atomic E-state index is 11.7. The van der Waals surface area contributed by atoms with Crippen LogP contribution in [0.3, 0.4) is 0 Å². The monoisotopic (exact) mass is 630 g/mol. The van der Waals surface area contributed by atoms with Crippen LogP contribution in [0.1, 0.15) is 108 Å². The standard InChI is InChI=1S/C12H23NO4.C12H25NO3.C4H7BO.C4H8O/c1-8(2)7-9(10(14)15)13(6)11(16)17-12(3,4)5;1-9(2)7-10(8-14)13(6)11(15)16-12(3,4)5;5-4-2-1-3-6-4;1-2-4-5-3-1/h8-9H,7H2,1-6H3,(H,14,15);9-10,14H,7-8H2,1-6H3;4H,1-3H2;1-4H2/t9-;10-;;/m00../s1. The number of carboxylic acid groups (broad SMARTS) is 1. The lowest BCUT2D eigenvalue weighted by molar-refractivity contribution is -0.143. The molecular formula is C32H63BN2O9. The van der Waals surface area contributed by atoms with Crippen LogP contribution in [0.2, 0.25) is 0 Å². The molecule has 2 aliphatic rings. The number of nitrogens with zero attached hydrogens (tertiary/aromatic N) is 2. The van der Waals surface area contributed by atoms with E-state index in [1.54, 1.807) is 27.8 Å². The van der Waals surface area contributed by atoms with Crippen LogP contribution < -0.4 is 0 Å². The van der Waals surface area contributed by atoms with Gasteiger partial charge >= 0.3 is 18.2 Å². The number of rotatable bonds is 8. The van der Waals surface area contributed by atoms with Crippen molar-refractivity contribution in [3.05, 3.63) is 0 Å². The van der Waals surface area contributed by atoms with Crippen molar-refractivity contribution in [2.45, 2.75) is 137 Å². The van der Waals surface area contributed by atoms with E-state index < -0.39 is 29.3 Å². The van der Waals surface area contributed by atoms with Gasteiger partial charge in [-0.1, -0.05) is 27.7 Å². The topological polar surface area (TPSA) is 135 Å². The van der Waals surface area contributed by atoms with E-state index in [2.05, 4.69) is 13.8 Å². The average Bonchev–Trinajstić information content (AvgIpc) is 3.60. The lowest BCUT2D eigenvalue weighted by Crippen LogP contribution is -2.45. The minimum Gasteiger partial charge on any atom is -0.480 e. The third kappa shape index (κ3) is 24.3. The summed E-state index contributed by atoms with van der Waals surface area (Å²) >= 11 is 0. The van der Waals surface area contributed by atoms with Crippen molar-refractivity contribution in [2.24, 2.45) is 11.8 Å². The van der Waals surface area contributed by atoms with Crippen molar-refractivity contribution in [2.75, 3.05) is 40.5 Å². The van der Waals surface area contributed by atoms with Crippen LogP contribution in [-0.2, 0) is 23.7 Å². The second-order valence-corrected chi connectivity index (χ2v) is 14.0. The van der Waals surface area contributed by atoms with Crippen molar-refractivity contribution in [3.63, 3.8) is 0 Å². The summed E-state index contributed by atoms with van der Waals surface area (Å²) < 4.78 is 20.3. The van der Waals surface area contributed by atoms with Crippen LogP contribution in [-0.4, -0.2) is 116 Å². The Kier molecular flexibility index (Phi) is 22.5. The summed E-state index contributed by atoms with van der Waals surface area (Å²) in [5.74, 6) is -0.380. The van der Waals surface area contributed by atoms with Gasteiger partial charge in [0.05, 0.1) is 12.6 Å². The van der Waals surface area contributed by atoms with Crippen LogP contribution >= 0.6 is 0 Å². The molecule has 0 aromatic carbocycles. The maximum Gasteiger partial charge on any atom is 0.410 e. The summed E-state index contributed by atoms with van der Waals surface area (Å²) in [5, 5.41) is 18.3. The minimum atomic E-state index is -1.01. The number of carbonyl (C=O) groups excluding carboxylic acids is 2. The van der Waals surface area contributed by atoms with Crippen molar-refractivity contribution in [1.29, 1.82) is 0 Å². The van der Waals surface area contributed by atoms with Gasteiger partial charge in [-0.05, 0) is 91.9 Å². The molecule has 0 aromatic heterocycles. The summed E-state index contributed by atoms with van der Waals surface area (Å²) in [7, 11) is 8.43. The van der Waals surface area contributed by atoms with E-state index in [9.17, 15) is 19.5 Å². The van der Waals surface area contributed by atoms with Gasteiger partial charge in [0.1, 0.15) is 25.1 Å². The number of amides is 2. The van der Waals surface area contributed by atoms with Gasteiger partial charge in [0.15, 0.2) is 0 Å². The highest BCUT2D eigenvalue weighted by Crippen LogP contribution is 2.16. The average molecular weight is 631 g/mol. The van der Waals surface area contributed by atoms with Gasteiger partial charge in [0, 0.05) is 39.9 Å². The first-order valence-electron chi connectivity index (χ1n) is 15.8. The van der Waals surface area contributed by atoms with Gasteiger partial charge in [-0.2, -0.15) is 0 Å². The molecule has 0 aliphatic carbocycles. The predicted octanol–water partition coefficient (Wildman–Crippen LogP) is 5.70. The fourth-order valence-corrected chi connectivity index (χ4v) is 3.83. The molecular weight excluding hydrogens is 567 g/mol. The minimum absolute atomic E-state index is 0.0338. The number of ether oxygens (including phenoxy) is 4. The largest absolute Gasteiger partial charge is 0.480 e. The van der Waals surface area contributed by atoms with Gasteiger partial charge in [-0.3, -0.25) is 4.90 Å². The van der Waals surface area contributed by atoms with E-state index in [0.717, 1.165) is 44.0 Å². The molecule has 3 atom stereocenters. The second kappa shape index (κ2) is 22.5. The molecule has 258 valence electrons. The number of aliphatic hydroxyl groups excluding tert-OH is 1. The Labute approximate surface area is 268 Å². The molecule has 2 fully saturated rings. The van der Waals surface area contributed by atoms with Crippen molar-refractivity contribution in [1.82, 2.24) is 9.80 Å². The maximum absolute atomic E-state index is 11.7. The molecule has 2 heterocycles. The normalized spacial score (nSPS) is 17.6. The molecule has 11 nitrogen and oxygen atoms in total. The second-order valence-electron chi connectivity index (χ2n) is 14.0. The number of aliphatic carboxylic acids is 1. The fraction of sp³-hybridized carbons (Fsp3) is 0.906. The summed E-state index contributed by atoms with van der Waals surface area (Å²) in [5.41, 5.74) is -1.12. The zero-order chi connectivity index (χ0) is 34.7. The SMILES string of the molecule is C1CCOC1.CC(C)C[C@@H](C(=O)O)N(C)C(=O)OC(C)(C)C.CC(C)C[C@@H](CO)N(C)C(=O)OC(C)(C)C.[B]C1CCCO1. The number of likely N-dealkylation sites (N-methyl/N-ethyl adjacent to an activating group) is 2. The van der Waals surface area contributed by atoms with Crippen molar-refractivity contribution < 1.29 is 43.5 Å². The Morgan fingerprint density at radius 3 is 1.52 bits per heavy atom. The van der Waals surface area contributed by atoms with E-state index in [0.29, 0.717) is 12.3 Å². The number of hydrogen-bond donors (Lipinski definition) is 2. The quantitative estimate of drug-likeness (QED) is 0.324. The van der Waals surface area contributed by atoms with Crippen LogP contribution in [0, 0.1) is 11.8 Å². The highest BCUT2D eigenvalue weighted by Gasteiger charge is 2.30. The molecule has 12 heteroatoms. The van der Waals surface area contributed by atoms with E-state index in [1.807, 2.05) is 34.6 Å². The molecule has 2 aliphatic heterocycles. The molecule has 0 spiro atoms. The van der Waals surface area contributed by atoms with Gasteiger partial charge in [0.25, 0.3) is 0 Å². The van der Waals surface area contributed by atoms with E-state index in [-0.39, 0.29) is 30.7 Å². The van der Waals surface area contributed by atoms with E-state index in [4.69, 9.17) is 31.9 Å². The van der Waals surface area contributed by atoms with Crippen LogP contribution in [0.15, 0.2) is 0 Å². The Morgan fingerprint density at radius 2 is 1.27 bits per heavy atom. The number of aliphatic hydroxyl groups is 1. The van der Waals surface area contributed by atoms with Crippen molar-refractivity contribution in [3.8, 4) is 0 Å². The number of carbonyl (C=O) groups is 3. The third-order valence-corrected chi connectivity index (χ3v) is 6.10. The van der Waals surface area contributed by atoms with Gasteiger partial charge < -0.3 is 34.1 Å². The lowest BCUT2D eigenvalue weighted by atomic mass is 9.98. The van der Waals surface area contributed by atoms with Gasteiger partial charge in [-0.15, -0.1) is 0 Å². The first-order valence-corrected chi connectivity index (χ1v) is 15.8. The predicted molar refractivity (Wildman–Crippen MR) is 174 cm³/mol. The van der Waals surface area contributed by atoms with Gasteiger partial charge in [-0.25, -0.2) is 14.4 Å². The van der Waals surface area contributed by atoms with E-state index in [1.165, 1.54) is 24.8 Å². The van der Waals surface area contributed by atoms with Crippen LogP contribution in [0.4, 0.5) is 9.59 Å². The molecule has 1 unspecified atom stereocenters. The molecule has 44 heavy (non-hydrogen) atoms. The van der Waals surface area contributed by atoms with Gasteiger partial charge in [0.2, 0.25) is 0 Å². The molecule has 2 rings (SSSR count). The molecule has 2 N–H and O–H groups in total. The van der Waals surface area contributed by atoms with Crippen molar-refractivity contribution >= 4 is 26.0 Å². The molecule has 2 amide bonds. The van der Waals surface area contributed by atoms with E-state index >= 15 is 0 Å². The molecule has 0 bridgehead atoms. The molecule has 0 saturated carbocycles. The zero-order valence-electron chi connectivity index (χ0n) is 29.7. The Morgan fingerprint density at radius 1 is 0.818 bits per heavy atom. The highest BCUT2D eigenvalue weighted by molar-refractivity contribution is 6.11. The molecule has 2 saturated heterocycles. The zero-order valence-corrected chi connectivity index (χ0v) is 29.7.